The Morgan fingerprint density at radius 2 is 1.92 bits per heavy atom. The van der Waals surface area contributed by atoms with Gasteiger partial charge in [-0.3, -0.25) is 14.5 Å². The topological polar surface area (TPSA) is 85.3 Å². The molecule has 0 aliphatic carbocycles. The summed E-state index contributed by atoms with van der Waals surface area (Å²) in [6, 6.07) is 9.25. The molecule has 0 bridgehead atoms. The fraction of sp³-hybridized carbons (Fsp3) is 0.517. The number of aliphatic hydroxyl groups is 1. The second kappa shape index (κ2) is 10.6. The van der Waals surface area contributed by atoms with Crippen molar-refractivity contribution in [1.82, 2.24) is 14.7 Å². The van der Waals surface area contributed by atoms with E-state index >= 15 is 0 Å². The van der Waals surface area contributed by atoms with Crippen molar-refractivity contribution in [1.29, 1.82) is 0 Å². The fourth-order valence-corrected chi connectivity index (χ4v) is 6.35. The molecule has 3 heterocycles. The molecule has 0 spiro atoms. The molecule has 3 atom stereocenters. The smallest absolute Gasteiger partial charge is 0.254 e. The van der Waals surface area contributed by atoms with E-state index in [9.17, 15) is 19.1 Å². The minimum Gasteiger partial charge on any atom is -0.496 e. The van der Waals surface area contributed by atoms with Crippen LogP contribution in [0.3, 0.4) is 0 Å². The van der Waals surface area contributed by atoms with E-state index in [4.69, 9.17) is 4.74 Å². The zero-order valence-electron chi connectivity index (χ0n) is 22.4. The molecule has 3 aliphatic heterocycles. The number of amides is 2. The molecule has 2 aromatic carbocycles. The van der Waals surface area contributed by atoms with Crippen molar-refractivity contribution in [2.45, 2.75) is 49.8 Å². The number of anilines is 1. The first-order valence-electron chi connectivity index (χ1n) is 13.4. The van der Waals surface area contributed by atoms with E-state index in [2.05, 4.69) is 10.2 Å². The molecule has 2 amide bonds. The van der Waals surface area contributed by atoms with E-state index in [1.807, 2.05) is 18.2 Å². The van der Waals surface area contributed by atoms with Gasteiger partial charge in [-0.2, -0.15) is 0 Å². The number of hydrogen-bond acceptors (Lipinski definition) is 6. The summed E-state index contributed by atoms with van der Waals surface area (Å²) in [6.07, 6.45) is 3.82. The summed E-state index contributed by atoms with van der Waals surface area (Å²) in [4.78, 5) is 33.1. The number of likely N-dealkylation sites (N-methyl/N-ethyl adjacent to an activating group) is 1. The minimum absolute atomic E-state index is 0.0782. The van der Waals surface area contributed by atoms with Crippen molar-refractivity contribution >= 4 is 17.5 Å². The van der Waals surface area contributed by atoms with E-state index in [1.165, 1.54) is 36.3 Å². The lowest BCUT2D eigenvalue weighted by atomic mass is 9.80. The molecule has 38 heavy (non-hydrogen) atoms. The lowest BCUT2D eigenvalue weighted by Gasteiger charge is -2.41. The number of ether oxygens (including phenoxy) is 1. The maximum atomic E-state index is 14.8. The van der Waals surface area contributed by atoms with Gasteiger partial charge in [0, 0.05) is 44.0 Å². The van der Waals surface area contributed by atoms with Crippen molar-refractivity contribution < 1.29 is 23.8 Å². The number of piperidine rings is 1. The van der Waals surface area contributed by atoms with Gasteiger partial charge in [-0.25, -0.2) is 4.39 Å². The lowest BCUT2D eigenvalue weighted by molar-refractivity contribution is -0.138. The van der Waals surface area contributed by atoms with Gasteiger partial charge in [-0.05, 0) is 74.7 Å². The van der Waals surface area contributed by atoms with Crippen molar-refractivity contribution in [3.05, 3.63) is 58.9 Å². The van der Waals surface area contributed by atoms with Crippen LogP contribution in [-0.2, 0) is 21.5 Å². The second-order valence-electron chi connectivity index (χ2n) is 10.8. The summed E-state index contributed by atoms with van der Waals surface area (Å²) in [5.74, 6) is -0.634. The SMILES string of the molecule is COc1ccc(CCN2CCCCC2)cc1C1(N2C[C@H](O)C[C@H]2C(=O)N(C)C)C(=O)Nc2ccc(F)cc21. The average Bonchev–Trinajstić information content (AvgIpc) is 3.44. The number of β-amino-alcohol motifs (C(OH)–C–C–N with tert-alkyl or cyclic N) is 1. The van der Waals surface area contributed by atoms with Gasteiger partial charge in [0.05, 0.1) is 19.3 Å². The quantitative estimate of drug-likeness (QED) is 0.579. The third kappa shape index (κ3) is 4.57. The highest BCUT2D eigenvalue weighted by atomic mass is 19.1. The Balaban J connectivity index is 1.66. The Morgan fingerprint density at radius 3 is 2.63 bits per heavy atom. The number of aliphatic hydroxyl groups excluding tert-OH is 1. The van der Waals surface area contributed by atoms with Gasteiger partial charge in [-0.15, -0.1) is 0 Å². The molecule has 5 rings (SSSR count). The van der Waals surface area contributed by atoms with Crippen LogP contribution in [0.1, 0.15) is 42.4 Å². The lowest BCUT2D eigenvalue weighted by Crippen LogP contribution is -2.57. The van der Waals surface area contributed by atoms with Crippen LogP contribution >= 0.6 is 0 Å². The number of carbonyl (C=O) groups is 2. The number of likely N-dealkylation sites (tertiary alicyclic amines) is 2. The maximum Gasteiger partial charge on any atom is 0.254 e. The average molecular weight is 525 g/mol. The highest BCUT2D eigenvalue weighted by Gasteiger charge is 2.59. The van der Waals surface area contributed by atoms with Crippen LogP contribution in [0.15, 0.2) is 36.4 Å². The molecular weight excluding hydrogens is 487 g/mol. The van der Waals surface area contributed by atoms with E-state index < -0.39 is 29.4 Å². The molecular formula is C29H37FN4O4. The number of nitrogens with zero attached hydrogens (tertiary/aromatic N) is 3. The van der Waals surface area contributed by atoms with Gasteiger partial charge in [0.25, 0.3) is 5.91 Å². The van der Waals surface area contributed by atoms with Crippen LogP contribution in [0.5, 0.6) is 5.75 Å². The zero-order chi connectivity index (χ0) is 27.0. The molecule has 2 saturated heterocycles. The molecule has 2 N–H and O–H groups in total. The maximum absolute atomic E-state index is 14.8. The number of carbonyl (C=O) groups excluding carboxylic acids is 2. The minimum atomic E-state index is -1.56. The molecule has 1 unspecified atom stereocenters. The van der Waals surface area contributed by atoms with Gasteiger partial charge >= 0.3 is 0 Å². The van der Waals surface area contributed by atoms with Crippen molar-refractivity contribution in [3.8, 4) is 5.75 Å². The predicted octanol–water partition coefficient (Wildman–Crippen LogP) is 2.58. The van der Waals surface area contributed by atoms with Crippen LogP contribution < -0.4 is 10.1 Å². The largest absolute Gasteiger partial charge is 0.496 e. The normalized spacial score (nSPS) is 25.8. The summed E-state index contributed by atoms with van der Waals surface area (Å²) in [6.45, 7) is 3.15. The Bertz CT molecular complexity index is 1220. The van der Waals surface area contributed by atoms with Crippen LogP contribution in [0.25, 0.3) is 0 Å². The molecule has 0 radical (unpaired) electrons. The number of methoxy groups -OCH3 is 1. The zero-order valence-corrected chi connectivity index (χ0v) is 22.4. The highest BCUT2D eigenvalue weighted by molar-refractivity contribution is 6.09. The number of hydrogen-bond donors (Lipinski definition) is 2. The van der Waals surface area contributed by atoms with Gasteiger partial charge < -0.3 is 25.0 Å². The summed E-state index contributed by atoms with van der Waals surface area (Å²) in [7, 11) is 4.85. The number of halogens is 1. The third-order valence-electron chi connectivity index (χ3n) is 8.20. The molecule has 2 fully saturated rings. The summed E-state index contributed by atoms with van der Waals surface area (Å²) in [5.41, 5.74) is 0.911. The molecule has 8 nitrogen and oxygen atoms in total. The number of benzene rings is 2. The van der Waals surface area contributed by atoms with Gasteiger partial charge in [0.2, 0.25) is 5.91 Å². The number of nitrogens with one attached hydrogen (secondary N) is 1. The molecule has 3 aliphatic rings. The highest BCUT2D eigenvalue weighted by Crippen LogP contribution is 2.51. The first kappa shape index (κ1) is 26.6. The third-order valence-corrected chi connectivity index (χ3v) is 8.20. The summed E-state index contributed by atoms with van der Waals surface area (Å²) < 4.78 is 20.6. The van der Waals surface area contributed by atoms with E-state index in [-0.39, 0.29) is 18.9 Å². The van der Waals surface area contributed by atoms with E-state index in [1.54, 1.807) is 32.2 Å². The monoisotopic (exact) mass is 524 g/mol. The molecule has 0 aromatic heterocycles. The van der Waals surface area contributed by atoms with Crippen LogP contribution in [0.2, 0.25) is 0 Å². The standard InChI is InChI=1S/C29H37FN4O4/c1-32(2)27(36)25-17-21(35)18-34(25)29(22-16-20(30)8-9-24(22)31-28(29)37)23-15-19(7-10-26(23)38-3)11-14-33-12-5-4-6-13-33/h7-10,15-16,21,25,35H,4-6,11-14,17-18H2,1-3H3,(H,31,37)/t21-,25+,29?/m1/s1. The number of fused-ring (bicyclic) bond motifs is 1. The molecule has 9 heteroatoms. The predicted molar refractivity (Wildman–Crippen MR) is 143 cm³/mol. The summed E-state index contributed by atoms with van der Waals surface area (Å²) >= 11 is 0. The summed E-state index contributed by atoms with van der Waals surface area (Å²) in [5, 5.41) is 13.7. The Kier molecular flexibility index (Phi) is 7.44. The first-order valence-corrected chi connectivity index (χ1v) is 13.4. The van der Waals surface area contributed by atoms with E-state index in [0.717, 1.165) is 31.6 Å². The molecule has 2 aromatic rings. The van der Waals surface area contributed by atoms with Crippen molar-refractivity contribution in [2.24, 2.45) is 0 Å². The van der Waals surface area contributed by atoms with Crippen LogP contribution in [0.4, 0.5) is 10.1 Å². The number of rotatable bonds is 7. The second-order valence-corrected chi connectivity index (χ2v) is 10.8. The molecule has 204 valence electrons. The van der Waals surface area contributed by atoms with Crippen LogP contribution in [0, 0.1) is 5.82 Å². The van der Waals surface area contributed by atoms with Gasteiger partial charge in [0.15, 0.2) is 5.54 Å². The Morgan fingerprint density at radius 1 is 1.16 bits per heavy atom. The molecule has 0 saturated carbocycles. The van der Waals surface area contributed by atoms with Crippen LogP contribution in [-0.4, -0.2) is 91.2 Å². The van der Waals surface area contributed by atoms with E-state index in [0.29, 0.717) is 22.6 Å². The fourth-order valence-electron chi connectivity index (χ4n) is 6.35. The Labute approximate surface area is 223 Å². The Hall–Kier alpha value is -3.01. The van der Waals surface area contributed by atoms with Crippen molar-refractivity contribution in [2.75, 3.05) is 52.7 Å². The van der Waals surface area contributed by atoms with Gasteiger partial charge in [0.1, 0.15) is 11.6 Å². The van der Waals surface area contributed by atoms with Gasteiger partial charge in [-0.1, -0.05) is 12.5 Å². The van der Waals surface area contributed by atoms with Crippen molar-refractivity contribution in [3.63, 3.8) is 0 Å². The first-order chi connectivity index (χ1) is 18.2.